The lowest BCUT2D eigenvalue weighted by atomic mass is 10.3. The third-order valence-electron chi connectivity index (χ3n) is 2.39. The van der Waals surface area contributed by atoms with Crippen molar-refractivity contribution in [3.8, 4) is 0 Å². The van der Waals surface area contributed by atoms with Crippen molar-refractivity contribution in [2.75, 3.05) is 32.2 Å². The zero-order valence-electron chi connectivity index (χ0n) is 10.4. The third-order valence-corrected chi connectivity index (χ3v) is 3.15. The van der Waals surface area contributed by atoms with Gasteiger partial charge in [0.2, 0.25) is 0 Å². The predicted octanol–water partition coefficient (Wildman–Crippen LogP) is 0.837. The lowest BCUT2D eigenvalue weighted by Gasteiger charge is -2.09. The smallest absolute Gasteiger partial charge is 0.283 e. The summed E-state index contributed by atoms with van der Waals surface area (Å²) in [5.41, 5.74) is 0.428. The quantitative estimate of drug-likeness (QED) is 0.694. The maximum Gasteiger partial charge on any atom is 0.283 e. The Bertz CT molecular complexity index is 422. The van der Waals surface area contributed by atoms with E-state index in [0.717, 1.165) is 26.0 Å². The molecule has 0 saturated heterocycles. The van der Waals surface area contributed by atoms with Gasteiger partial charge in [0.25, 0.3) is 5.56 Å². The van der Waals surface area contributed by atoms with Crippen molar-refractivity contribution in [3.63, 3.8) is 0 Å². The lowest BCUT2D eigenvalue weighted by Crippen LogP contribution is -2.26. The molecule has 0 amide bonds. The summed E-state index contributed by atoms with van der Waals surface area (Å²) in [6.07, 6.45) is 3.51. The molecular formula is C11H18BrN3O3. The molecule has 7 heteroatoms. The molecule has 1 aromatic heterocycles. The highest BCUT2D eigenvalue weighted by atomic mass is 79.9. The Kier molecular flexibility index (Phi) is 6.92. The summed E-state index contributed by atoms with van der Waals surface area (Å²) in [5, 5.41) is 15.9. The molecule has 1 aromatic rings. The standard InChI is InChI=1S/C11H18BrN3O3/c1-18-7-3-2-4-13-9-8-14-15(5-6-16)11(17)10(9)12/h8,13,16H,2-7H2,1H3. The van der Waals surface area contributed by atoms with Gasteiger partial charge < -0.3 is 15.2 Å². The van der Waals surface area contributed by atoms with Gasteiger partial charge in [-0.15, -0.1) is 0 Å². The molecule has 0 radical (unpaired) electrons. The number of anilines is 1. The molecule has 0 atom stereocenters. The second-order valence-electron chi connectivity index (χ2n) is 3.75. The summed E-state index contributed by atoms with van der Waals surface area (Å²) in [6, 6.07) is 0. The molecule has 0 spiro atoms. The Morgan fingerprint density at radius 3 is 3.00 bits per heavy atom. The Hall–Kier alpha value is -0.920. The number of nitrogens with zero attached hydrogens (tertiary/aromatic N) is 2. The van der Waals surface area contributed by atoms with Gasteiger partial charge in [0.1, 0.15) is 4.47 Å². The number of hydrogen-bond acceptors (Lipinski definition) is 5. The van der Waals surface area contributed by atoms with E-state index < -0.39 is 0 Å². The predicted molar refractivity (Wildman–Crippen MR) is 72.9 cm³/mol. The van der Waals surface area contributed by atoms with Crippen LogP contribution in [0, 0.1) is 0 Å². The summed E-state index contributed by atoms with van der Waals surface area (Å²) < 4.78 is 6.62. The molecule has 1 rings (SSSR count). The molecule has 0 aliphatic carbocycles. The van der Waals surface area contributed by atoms with Crippen molar-refractivity contribution in [1.82, 2.24) is 9.78 Å². The molecule has 6 nitrogen and oxygen atoms in total. The van der Waals surface area contributed by atoms with Gasteiger partial charge in [0.05, 0.1) is 25.0 Å². The van der Waals surface area contributed by atoms with E-state index in [1.807, 2.05) is 0 Å². The van der Waals surface area contributed by atoms with Crippen molar-refractivity contribution in [3.05, 3.63) is 21.0 Å². The highest BCUT2D eigenvalue weighted by Gasteiger charge is 2.07. The lowest BCUT2D eigenvalue weighted by molar-refractivity contribution is 0.194. The van der Waals surface area contributed by atoms with Gasteiger partial charge in [-0.2, -0.15) is 5.10 Å². The number of ether oxygens (including phenoxy) is 1. The Labute approximate surface area is 114 Å². The zero-order valence-corrected chi connectivity index (χ0v) is 11.9. The summed E-state index contributed by atoms with van der Waals surface area (Å²) in [7, 11) is 1.68. The number of aliphatic hydroxyl groups is 1. The summed E-state index contributed by atoms with van der Waals surface area (Å²) >= 11 is 3.24. The highest BCUT2D eigenvalue weighted by Crippen LogP contribution is 2.15. The minimum atomic E-state index is -0.244. The third kappa shape index (κ3) is 4.40. The molecule has 1 heterocycles. The fourth-order valence-electron chi connectivity index (χ4n) is 1.44. The molecule has 0 fully saturated rings. The highest BCUT2D eigenvalue weighted by molar-refractivity contribution is 9.10. The van der Waals surface area contributed by atoms with E-state index in [0.29, 0.717) is 10.2 Å². The van der Waals surface area contributed by atoms with Gasteiger partial charge in [-0.25, -0.2) is 4.68 Å². The molecule has 0 bridgehead atoms. The van der Waals surface area contributed by atoms with Crippen LogP contribution in [0.4, 0.5) is 5.69 Å². The van der Waals surface area contributed by atoms with E-state index >= 15 is 0 Å². The van der Waals surface area contributed by atoms with E-state index in [4.69, 9.17) is 9.84 Å². The Morgan fingerprint density at radius 2 is 2.33 bits per heavy atom. The van der Waals surface area contributed by atoms with Gasteiger partial charge in [-0.05, 0) is 28.8 Å². The number of hydrogen-bond donors (Lipinski definition) is 2. The number of methoxy groups -OCH3 is 1. The van der Waals surface area contributed by atoms with Crippen LogP contribution in [0.25, 0.3) is 0 Å². The summed E-state index contributed by atoms with van der Waals surface area (Å²) in [5.74, 6) is 0. The van der Waals surface area contributed by atoms with Gasteiger partial charge in [-0.1, -0.05) is 0 Å². The summed E-state index contributed by atoms with van der Waals surface area (Å²) in [4.78, 5) is 11.8. The largest absolute Gasteiger partial charge is 0.394 e. The first-order valence-electron chi connectivity index (χ1n) is 5.80. The van der Waals surface area contributed by atoms with E-state index in [1.165, 1.54) is 4.68 Å². The van der Waals surface area contributed by atoms with Gasteiger partial charge in [0, 0.05) is 20.3 Å². The molecular weight excluding hydrogens is 302 g/mol. The maximum absolute atomic E-state index is 11.8. The van der Waals surface area contributed by atoms with Gasteiger partial charge >= 0.3 is 0 Å². The molecule has 2 N–H and O–H groups in total. The SMILES string of the molecule is COCCCCNc1cnn(CCO)c(=O)c1Br. The zero-order chi connectivity index (χ0) is 13.4. The van der Waals surface area contributed by atoms with E-state index in [1.54, 1.807) is 13.3 Å². The van der Waals surface area contributed by atoms with Crippen LogP contribution in [0.2, 0.25) is 0 Å². The van der Waals surface area contributed by atoms with E-state index in [9.17, 15) is 4.79 Å². The first-order valence-corrected chi connectivity index (χ1v) is 6.59. The van der Waals surface area contributed by atoms with Gasteiger partial charge in [0.15, 0.2) is 0 Å². The minimum Gasteiger partial charge on any atom is -0.394 e. The number of aromatic nitrogens is 2. The van der Waals surface area contributed by atoms with Crippen LogP contribution in [-0.2, 0) is 11.3 Å². The monoisotopic (exact) mass is 319 g/mol. The Balaban J connectivity index is 2.57. The molecule has 0 aliphatic rings. The number of nitrogens with one attached hydrogen (secondary N) is 1. The molecule has 0 unspecified atom stereocenters. The van der Waals surface area contributed by atoms with Crippen molar-refractivity contribution in [2.24, 2.45) is 0 Å². The topological polar surface area (TPSA) is 76.4 Å². The second kappa shape index (κ2) is 8.23. The molecule has 102 valence electrons. The van der Waals surface area contributed by atoms with Crippen LogP contribution in [0.3, 0.4) is 0 Å². The first-order chi connectivity index (χ1) is 8.70. The van der Waals surface area contributed by atoms with Crippen molar-refractivity contribution < 1.29 is 9.84 Å². The number of rotatable bonds is 8. The van der Waals surface area contributed by atoms with Gasteiger partial charge in [-0.3, -0.25) is 4.79 Å². The van der Waals surface area contributed by atoms with Crippen LogP contribution < -0.4 is 10.9 Å². The van der Waals surface area contributed by atoms with Crippen LogP contribution in [0.1, 0.15) is 12.8 Å². The van der Waals surface area contributed by atoms with Crippen molar-refractivity contribution in [2.45, 2.75) is 19.4 Å². The molecule has 18 heavy (non-hydrogen) atoms. The average molecular weight is 320 g/mol. The minimum absolute atomic E-state index is 0.108. The molecule has 0 aromatic carbocycles. The van der Waals surface area contributed by atoms with Crippen LogP contribution >= 0.6 is 15.9 Å². The fourth-order valence-corrected chi connectivity index (χ4v) is 1.88. The number of unbranched alkanes of at least 4 members (excludes halogenated alkanes) is 1. The van der Waals surface area contributed by atoms with Crippen LogP contribution in [0.15, 0.2) is 15.5 Å². The summed E-state index contributed by atoms with van der Waals surface area (Å²) in [6.45, 7) is 1.58. The second-order valence-corrected chi connectivity index (χ2v) is 4.54. The van der Waals surface area contributed by atoms with Crippen LogP contribution in [-0.4, -0.2) is 41.8 Å². The average Bonchev–Trinajstić information content (AvgIpc) is 2.37. The number of aliphatic hydroxyl groups excluding tert-OH is 1. The van der Waals surface area contributed by atoms with Crippen molar-refractivity contribution in [1.29, 1.82) is 0 Å². The first kappa shape index (κ1) is 15.1. The van der Waals surface area contributed by atoms with E-state index in [2.05, 4.69) is 26.3 Å². The molecule has 0 saturated carbocycles. The maximum atomic E-state index is 11.8. The fraction of sp³-hybridized carbons (Fsp3) is 0.636. The molecule has 0 aliphatic heterocycles. The van der Waals surface area contributed by atoms with Crippen LogP contribution in [0.5, 0.6) is 0 Å². The normalized spacial score (nSPS) is 10.6. The van der Waals surface area contributed by atoms with E-state index in [-0.39, 0.29) is 18.7 Å². The van der Waals surface area contributed by atoms with Crippen molar-refractivity contribution >= 4 is 21.6 Å². The Morgan fingerprint density at radius 1 is 1.56 bits per heavy atom. The number of halogens is 1.